The average Bonchev–Trinajstić information content (AvgIpc) is 2.30. The molecule has 0 amide bonds. The van der Waals surface area contributed by atoms with Gasteiger partial charge in [-0.2, -0.15) is 0 Å². The standard InChI is InChI=1S/C6H9BO4/c7-6-4(8)5-3(11-6)1-9-2-10-5/h3,5-6H,1-2,7H2/t3?,5-,6?/m1/s1. The number of carbonyl (C=O) groups is 1. The molecule has 0 bridgehead atoms. The number of hydrogen-bond donors (Lipinski definition) is 0. The Hall–Kier alpha value is -0.385. The lowest BCUT2D eigenvalue weighted by Gasteiger charge is -2.22. The lowest BCUT2D eigenvalue weighted by molar-refractivity contribution is -0.180. The van der Waals surface area contributed by atoms with Crippen molar-refractivity contribution >= 4 is 13.6 Å². The quantitative estimate of drug-likeness (QED) is 0.391. The maximum Gasteiger partial charge on any atom is 0.184 e. The maximum absolute atomic E-state index is 11.2. The van der Waals surface area contributed by atoms with Crippen LogP contribution in [0.3, 0.4) is 0 Å². The van der Waals surface area contributed by atoms with E-state index in [9.17, 15) is 4.79 Å². The predicted octanol–water partition coefficient (Wildman–Crippen LogP) is -1.71. The summed E-state index contributed by atoms with van der Waals surface area (Å²) < 4.78 is 15.3. The fraction of sp³-hybridized carbons (Fsp3) is 0.833. The molecule has 0 aliphatic carbocycles. The van der Waals surface area contributed by atoms with Gasteiger partial charge in [-0.15, -0.1) is 0 Å². The third-order valence-corrected chi connectivity index (χ3v) is 2.01. The molecule has 3 atom stereocenters. The third kappa shape index (κ3) is 1.09. The van der Waals surface area contributed by atoms with Crippen molar-refractivity contribution in [1.29, 1.82) is 0 Å². The van der Waals surface area contributed by atoms with Gasteiger partial charge in [-0.25, -0.2) is 0 Å². The second-order valence-electron chi connectivity index (χ2n) is 2.80. The van der Waals surface area contributed by atoms with Gasteiger partial charge < -0.3 is 14.2 Å². The molecule has 2 rings (SSSR count). The minimum Gasteiger partial charge on any atom is -0.371 e. The van der Waals surface area contributed by atoms with Gasteiger partial charge in [0.2, 0.25) is 0 Å². The largest absolute Gasteiger partial charge is 0.371 e. The summed E-state index contributed by atoms with van der Waals surface area (Å²) in [4.78, 5) is 11.2. The molecule has 2 unspecified atom stereocenters. The molecule has 0 N–H and O–H groups in total. The van der Waals surface area contributed by atoms with Gasteiger partial charge in [0.15, 0.2) is 5.78 Å². The smallest absolute Gasteiger partial charge is 0.184 e. The molecule has 0 radical (unpaired) electrons. The molecule has 2 heterocycles. The van der Waals surface area contributed by atoms with E-state index in [1.165, 1.54) is 0 Å². The van der Waals surface area contributed by atoms with Crippen LogP contribution in [0.15, 0.2) is 0 Å². The fourth-order valence-corrected chi connectivity index (χ4v) is 1.42. The van der Waals surface area contributed by atoms with Crippen LogP contribution in [0.25, 0.3) is 0 Å². The molecule has 5 heteroatoms. The molecule has 0 aromatic heterocycles. The fourth-order valence-electron chi connectivity index (χ4n) is 1.42. The third-order valence-electron chi connectivity index (χ3n) is 2.01. The summed E-state index contributed by atoms with van der Waals surface area (Å²) in [6.07, 6.45) is -0.551. The van der Waals surface area contributed by atoms with Gasteiger partial charge in [0.1, 0.15) is 26.8 Å². The molecule has 11 heavy (non-hydrogen) atoms. The van der Waals surface area contributed by atoms with Crippen LogP contribution < -0.4 is 0 Å². The predicted molar refractivity (Wildman–Crippen MR) is 37.9 cm³/mol. The first-order chi connectivity index (χ1) is 5.29. The molecule has 2 aliphatic heterocycles. The van der Waals surface area contributed by atoms with Crippen molar-refractivity contribution in [3.05, 3.63) is 0 Å². The summed E-state index contributed by atoms with van der Waals surface area (Å²) in [5, 5.41) is 0. The van der Waals surface area contributed by atoms with Gasteiger partial charge in [0.25, 0.3) is 0 Å². The van der Waals surface area contributed by atoms with Crippen LogP contribution in [0.1, 0.15) is 0 Å². The van der Waals surface area contributed by atoms with E-state index in [2.05, 4.69) is 0 Å². The first-order valence-corrected chi connectivity index (χ1v) is 3.67. The molecule has 60 valence electrons. The highest BCUT2D eigenvalue weighted by Gasteiger charge is 2.43. The Morgan fingerprint density at radius 2 is 2.36 bits per heavy atom. The molecule has 2 aliphatic rings. The van der Waals surface area contributed by atoms with Gasteiger partial charge in [-0.3, -0.25) is 4.79 Å². The lowest BCUT2D eigenvalue weighted by atomic mass is 9.94. The van der Waals surface area contributed by atoms with E-state index in [1.807, 2.05) is 0 Å². The SMILES string of the molecule is BC1OC2COCO[C@H]2C1=O. The number of ketones is 1. The van der Waals surface area contributed by atoms with Crippen LogP contribution in [-0.2, 0) is 19.0 Å². The van der Waals surface area contributed by atoms with E-state index in [0.717, 1.165) is 0 Å². The number of fused-ring (bicyclic) bond motifs is 1. The van der Waals surface area contributed by atoms with E-state index >= 15 is 0 Å². The Bertz CT molecular complexity index is 183. The molecule has 4 nitrogen and oxygen atoms in total. The Morgan fingerprint density at radius 1 is 1.55 bits per heavy atom. The second kappa shape index (κ2) is 2.58. The van der Waals surface area contributed by atoms with Crippen molar-refractivity contribution in [3.63, 3.8) is 0 Å². The van der Waals surface area contributed by atoms with Crippen molar-refractivity contribution in [1.82, 2.24) is 0 Å². The van der Waals surface area contributed by atoms with E-state index in [4.69, 9.17) is 14.2 Å². The molecule has 0 aromatic carbocycles. The highest BCUT2D eigenvalue weighted by molar-refractivity contribution is 6.25. The molecule has 0 aromatic rings. The normalized spacial score (nSPS) is 44.0. The number of ether oxygens (including phenoxy) is 3. The first-order valence-electron chi connectivity index (χ1n) is 3.67. The Morgan fingerprint density at radius 3 is 3.09 bits per heavy atom. The van der Waals surface area contributed by atoms with E-state index in [0.29, 0.717) is 6.61 Å². The Kier molecular flexibility index (Phi) is 1.71. The summed E-state index contributed by atoms with van der Waals surface area (Å²) in [7, 11) is 1.74. The summed E-state index contributed by atoms with van der Waals surface area (Å²) in [5.74, 6) is 0.0401. The molecule has 0 spiro atoms. The van der Waals surface area contributed by atoms with Crippen molar-refractivity contribution in [2.75, 3.05) is 13.4 Å². The Balaban J connectivity index is 2.11. The van der Waals surface area contributed by atoms with Crippen LogP contribution in [0.4, 0.5) is 0 Å². The minimum atomic E-state index is -0.376. The molecular weight excluding hydrogens is 147 g/mol. The molecule has 2 fully saturated rings. The van der Waals surface area contributed by atoms with Crippen LogP contribution >= 0.6 is 0 Å². The summed E-state index contributed by atoms with van der Waals surface area (Å²) in [5.41, 5.74) is 0. The topological polar surface area (TPSA) is 44.8 Å². The van der Waals surface area contributed by atoms with E-state index < -0.39 is 0 Å². The number of carbonyl (C=O) groups excluding carboxylic acids is 1. The molecule has 0 saturated carbocycles. The minimum absolute atomic E-state index is 0.0401. The Labute approximate surface area is 65.2 Å². The zero-order valence-electron chi connectivity index (χ0n) is 6.28. The van der Waals surface area contributed by atoms with Gasteiger partial charge in [0.05, 0.1) is 12.6 Å². The molecule has 2 saturated heterocycles. The second-order valence-corrected chi connectivity index (χ2v) is 2.80. The van der Waals surface area contributed by atoms with Crippen molar-refractivity contribution in [3.8, 4) is 0 Å². The maximum atomic E-state index is 11.2. The van der Waals surface area contributed by atoms with Crippen molar-refractivity contribution < 1.29 is 19.0 Å². The van der Waals surface area contributed by atoms with Crippen LogP contribution in [0.5, 0.6) is 0 Å². The van der Waals surface area contributed by atoms with Crippen LogP contribution in [-0.4, -0.2) is 45.2 Å². The monoisotopic (exact) mass is 156 g/mol. The summed E-state index contributed by atoms with van der Waals surface area (Å²) in [6, 6.07) is -0.327. The van der Waals surface area contributed by atoms with Gasteiger partial charge in [-0.05, 0) is 0 Å². The van der Waals surface area contributed by atoms with Crippen LogP contribution in [0.2, 0.25) is 0 Å². The summed E-state index contributed by atoms with van der Waals surface area (Å²) >= 11 is 0. The van der Waals surface area contributed by atoms with E-state index in [-0.39, 0.29) is 30.8 Å². The van der Waals surface area contributed by atoms with Gasteiger partial charge in [0, 0.05) is 0 Å². The van der Waals surface area contributed by atoms with Gasteiger partial charge >= 0.3 is 0 Å². The molecular formula is C6H9BO4. The zero-order chi connectivity index (χ0) is 7.84. The summed E-state index contributed by atoms with van der Waals surface area (Å²) in [6.45, 7) is 0.684. The van der Waals surface area contributed by atoms with Crippen LogP contribution in [0, 0.1) is 0 Å². The first kappa shape index (κ1) is 7.27. The van der Waals surface area contributed by atoms with Crippen molar-refractivity contribution in [2.45, 2.75) is 18.2 Å². The average molecular weight is 156 g/mol. The number of hydrogen-bond acceptors (Lipinski definition) is 4. The van der Waals surface area contributed by atoms with Gasteiger partial charge in [-0.1, -0.05) is 0 Å². The highest BCUT2D eigenvalue weighted by atomic mass is 16.7. The number of rotatable bonds is 0. The zero-order valence-corrected chi connectivity index (χ0v) is 6.28. The number of Topliss-reactive ketones (excluding diaryl/α,β-unsaturated/α-hetero) is 1. The van der Waals surface area contributed by atoms with E-state index in [1.54, 1.807) is 7.85 Å². The lowest BCUT2D eigenvalue weighted by Crippen LogP contribution is -2.39. The van der Waals surface area contributed by atoms with Crippen molar-refractivity contribution in [2.24, 2.45) is 0 Å². The highest BCUT2D eigenvalue weighted by Crippen LogP contribution is 2.21.